The summed E-state index contributed by atoms with van der Waals surface area (Å²) in [5.74, 6) is -0.503. The zero-order chi connectivity index (χ0) is 33.0. The molecule has 0 radical (unpaired) electrons. The number of benzene rings is 2. The highest BCUT2D eigenvalue weighted by molar-refractivity contribution is 7.92. The smallest absolute Gasteiger partial charge is 0.410 e. The molecule has 1 aliphatic rings. The lowest BCUT2D eigenvalue weighted by Crippen LogP contribution is -2.42. The van der Waals surface area contributed by atoms with E-state index in [-0.39, 0.29) is 11.4 Å². The van der Waals surface area contributed by atoms with Crippen LogP contribution in [0.3, 0.4) is 0 Å². The fraction of sp³-hybridized carbons (Fsp3) is 0.375. The maximum atomic E-state index is 14.6. The van der Waals surface area contributed by atoms with Crippen molar-refractivity contribution in [2.24, 2.45) is 4.36 Å². The van der Waals surface area contributed by atoms with E-state index in [2.05, 4.69) is 4.36 Å². The fourth-order valence-corrected chi connectivity index (χ4v) is 5.94. The number of halogens is 1. The second kappa shape index (κ2) is 11.4. The number of imidazole rings is 1. The summed E-state index contributed by atoms with van der Waals surface area (Å²) in [6.45, 7) is 11.0. The molecule has 0 N–H and O–H groups in total. The van der Waals surface area contributed by atoms with Gasteiger partial charge in [0.25, 0.3) is 5.91 Å². The lowest BCUT2D eigenvalue weighted by molar-refractivity contribution is 0.0159. The van der Waals surface area contributed by atoms with Gasteiger partial charge in [0.15, 0.2) is 0 Å². The molecule has 238 valence electrons. The highest BCUT2D eigenvalue weighted by Crippen LogP contribution is 2.36. The van der Waals surface area contributed by atoms with Gasteiger partial charge in [0.1, 0.15) is 17.2 Å². The summed E-state index contributed by atoms with van der Waals surface area (Å²) in [6.07, 6.45) is 5.92. The van der Waals surface area contributed by atoms with E-state index in [1.165, 1.54) is 33.8 Å². The number of carbonyl (C=O) groups excluding carboxylic acids is 2. The molecule has 0 saturated heterocycles. The second-order valence-corrected chi connectivity index (χ2v) is 15.1. The lowest BCUT2D eigenvalue weighted by Gasteiger charge is -2.34. The Morgan fingerprint density at radius 2 is 1.62 bits per heavy atom. The van der Waals surface area contributed by atoms with Gasteiger partial charge in [0, 0.05) is 58.7 Å². The number of ether oxygens (including phenoxy) is 1. The first kappa shape index (κ1) is 31.9. The van der Waals surface area contributed by atoms with Crippen LogP contribution in [-0.2, 0) is 20.9 Å². The predicted octanol–water partition coefficient (Wildman–Crippen LogP) is 5.29. The van der Waals surface area contributed by atoms with Crippen molar-refractivity contribution in [1.82, 2.24) is 23.8 Å². The molecule has 4 aromatic rings. The summed E-state index contributed by atoms with van der Waals surface area (Å²) < 4.78 is 40.5. The number of fused-ring (bicyclic) bond motifs is 1. The van der Waals surface area contributed by atoms with E-state index >= 15 is 0 Å². The Morgan fingerprint density at radius 3 is 2.20 bits per heavy atom. The van der Waals surface area contributed by atoms with Gasteiger partial charge in [0.05, 0.1) is 23.1 Å². The highest BCUT2D eigenvalue weighted by atomic mass is 32.2. The molecule has 11 nitrogen and oxygen atoms in total. The molecule has 45 heavy (non-hydrogen) atoms. The zero-order valence-corrected chi connectivity index (χ0v) is 27.4. The Hall–Kier alpha value is -4.52. The molecular formula is C32H37FN6O5S. The van der Waals surface area contributed by atoms with Crippen molar-refractivity contribution in [3.63, 3.8) is 0 Å². The maximum absolute atomic E-state index is 14.6. The molecule has 0 bridgehead atoms. The van der Waals surface area contributed by atoms with Gasteiger partial charge in [-0.3, -0.25) is 13.9 Å². The van der Waals surface area contributed by atoms with Gasteiger partial charge in [-0.1, -0.05) is 0 Å². The summed E-state index contributed by atoms with van der Waals surface area (Å²) in [4.78, 5) is 41.3. The van der Waals surface area contributed by atoms with Gasteiger partial charge in [-0.25, -0.2) is 22.9 Å². The molecule has 0 fully saturated rings. The van der Waals surface area contributed by atoms with E-state index in [1.807, 2.05) is 6.92 Å². The van der Waals surface area contributed by atoms with Crippen LogP contribution in [0.1, 0.15) is 66.5 Å². The maximum Gasteiger partial charge on any atom is 0.410 e. The minimum Gasteiger partial charge on any atom is -0.444 e. The van der Waals surface area contributed by atoms with Crippen LogP contribution < -0.4 is 5.69 Å². The van der Waals surface area contributed by atoms with Crippen LogP contribution >= 0.6 is 0 Å². The lowest BCUT2D eigenvalue weighted by atomic mass is 10.00. The zero-order valence-electron chi connectivity index (χ0n) is 26.6. The van der Waals surface area contributed by atoms with Gasteiger partial charge in [-0.2, -0.15) is 9.46 Å². The molecule has 3 heterocycles. The van der Waals surface area contributed by atoms with E-state index in [4.69, 9.17) is 9.84 Å². The molecule has 0 unspecified atom stereocenters. The number of aryl methyl sites for hydroxylation is 2. The van der Waals surface area contributed by atoms with E-state index in [1.54, 1.807) is 80.9 Å². The largest absolute Gasteiger partial charge is 0.444 e. The van der Waals surface area contributed by atoms with Crippen molar-refractivity contribution in [1.29, 1.82) is 0 Å². The van der Waals surface area contributed by atoms with E-state index < -0.39 is 39.1 Å². The first-order chi connectivity index (χ1) is 20.9. The van der Waals surface area contributed by atoms with Gasteiger partial charge < -0.3 is 9.64 Å². The molecular weight excluding hydrogens is 599 g/mol. The van der Waals surface area contributed by atoms with Crippen LogP contribution in [0.4, 0.5) is 9.18 Å². The van der Waals surface area contributed by atoms with Crippen LogP contribution in [-0.4, -0.2) is 64.7 Å². The van der Waals surface area contributed by atoms with E-state index in [0.717, 1.165) is 0 Å². The average molecular weight is 637 g/mol. The topological polar surface area (TPSA) is 121 Å². The SMILES string of the molecule is Cc1cc(-n2nc3c(c2-n2ccn(-c4ccc(C(=O)N=S(C)(C)=O)cc4)c2=O)[C@H](C)N(C(=O)OC(C)(C)C)CC3)cc(C)c1F. The predicted molar refractivity (Wildman–Crippen MR) is 170 cm³/mol. The number of hydrogen-bond donors (Lipinski definition) is 0. The van der Waals surface area contributed by atoms with Crippen molar-refractivity contribution >= 4 is 21.7 Å². The number of amides is 2. The van der Waals surface area contributed by atoms with Crippen molar-refractivity contribution in [2.75, 3.05) is 19.1 Å². The van der Waals surface area contributed by atoms with Crippen LogP contribution in [0, 0.1) is 19.7 Å². The van der Waals surface area contributed by atoms with Crippen LogP contribution in [0.2, 0.25) is 0 Å². The quantitative estimate of drug-likeness (QED) is 0.300. The van der Waals surface area contributed by atoms with Crippen molar-refractivity contribution in [3.8, 4) is 17.2 Å². The summed E-state index contributed by atoms with van der Waals surface area (Å²) in [7, 11) is -2.62. The van der Waals surface area contributed by atoms with Crippen LogP contribution in [0.25, 0.3) is 17.2 Å². The monoisotopic (exact) mass is 636 g/mol. The number of nitrogens with zero attached hydrogens (tertiary/aromatic N) is 6. The van der Waals surface area contributed by atoms with Gasteiger partial charge in [-0.15, -0.1) is 0 Å². The number of rotatable bonds is 4. The Labute approximate surface area is 261 Å². The highest BCUT2D eigenvalue weighted by Gasteiger charge is 2.37. The van der Waals surface area contributed by atoms with E-state index in [0.29, 0.717) is 52.5 Å². The molecule has 0 saturated carbocycles. The van der Waals surface area contributed by atoms with Gasteiger partial charge in [-0.05, 0) is 89.1 Å². The third-order valence-electron chi connectivity index (χ3n) is 7.44. The Balaban J connectivity index is 1.65. The minimum absolute atomic E-state index is 0.243. The molecule has 2 amide bonds. The van der Waals surface area contributed by atoms with Crippen LogP contribution in [0.15, 0.2) is 57.9 Å². The molecule has 13 heteroatoms. The number of aromatic nitrogens is 4. The molecule has 0 spiro atoms. The standard InChI is InChI=1S/C32H37FN6O5S/c1-19-17-24(18-20(2)27(19)33)39-29(26-21(3)36(14-13-25(26)34-39)31(42)44-32(4,5)6)38-16-15-37(30(38)41)23-11-9-22(10-12-23)28(40)35-45(7,8)43/h9-12,15-18,21H,13-14H2,1-8H3/t21-/m0/s1. The average Bonchev–Trinajstić information content (AvgIpc) is 3.50. The summed E-state index contributed by atoms with van der Waals surface area (Å²) in [6, 6.07) is 9.11. The molecule has 1 aliphatic heterocycles. The molecule has 0 aliphatic carbocycles. The molecule has 2 aromatic carbocycles. The summed E-state index contributed by atoms with van der Waals surface area (Å²) in [5.41, 5.74) is 2.44. The van der Waals surface area contributed by atoms with Crippen molar-refractivity contribution < 1.29 is 22.9 Å². The Morgan fingerprint density at radius 1 is 1.02 bits per heavy atom. The summed E-state index contributed by atoms with van der Waals surface area (Å²) in [5, 5.41) is 4.89. The number of hydrogen-bond acceptors (Lipinski definition) is 6. The van der Waals surface area contributed by atoms with Crippen LogP contribution in [0.5, 0.6) is 0 Å². The van der Waals surface area contributed by atoms with Gasteiger partial charge in [0.2, 0.25) is 0 Å². The Bertz CT molecular complexity index is 1980. The molecule has 5 rings (SSSR count). The summed E-state index contributed by atoms with van der Waals surface area (Å²) >= 11 is 0. The fourth-order valence-electron chi connectivity index (χ4n) is 5.43. The van der Waals surface area contributed by atoms with Crippen molar-refractivity contribution in [2.45, 2.75) is 59.6 Å². The minimum atomic E-state index is -2.62. The second-order valence-electron chi connectivity index (χ2n) is 12.5. The number of carbonyl (C=O) groups is 2. The van der Waals surface area contributed by atoms with Crippen molar-refractivity contribution in [3.05, 3.63) is 93.0 Å². The third kappa shape index (κ3) is 6.35. The molecule has 1 atom stereocenters. The Kier molecular flexibility index (Phi) is 8.11. The van der Waals surface area contributed by atoms with Gasteiger partial charge >= 0.3 is 11.8 Å². The molecule has 2 aromatic heterocycles. The van der Waals surface area contributed by atoms with E-state index in [9.17, 15) is 23.0 Å². The first-order valence-corrected chi connectivity index (χ1v) is 16.8. The normalized spacial score (nSPS) is 15.1. The third-order valence-corrected chi connectivity index (χ3v) is 8.05. The first-order valence-electron chi connectivity index (χ1n) is 14.5.